The van der Waals surface area contributed by atoms with Crippen molar-refractivity contribution in [2.75, 3.05) is 13.1 Å². The lowest BCUT2D eigenvalue weighted by Crippen LogP contribution is -2.45. The normalized spacial score (nSPS) is 21.0. The van der Waals surface area contributed by atoms with Crippen LogP contribution in [0.4, 0.5) is 0 Å². The molecule has 3 nitrogen and oxygen atoms in total. The topological polar surface area (TPSA) is 29.5 Å². The lowest BCUT2D eigenvalue weighted by Gasteiger charge is -2.32. The quantitative estimate of drug-likeness (QED) is 0.837. The molecule has 0 spiro atoms. The number of nitrogens with zero attached hydrogens (tertiary/aromatic N) is 1. The average Bonchev–Trinajstić information content (AvgIpc) is 2.38. The Hall–Kier alpha value is -1.51. The fraction of sp³-hybridized carbons (Fsp3) is 0.562. The van der Waals surface area contributed by atoms with E-state index in [1.54, 1.807) is 0 Å². The summed E-state index contributed by atoms with van der Waals surface area (Å²) < 4.78 is 5.75. The number of hydrogen-bond donors (Lipinski definition) is 0. The minimum absolute atomic E-state index is 0.105. The second kappa shape index (κ2) is 6.09. The molecule has 0 aliphatic carbocycles. The molecular formula is C16H23NO2. The van der Waals surface area contributed by atoms with Gasteiger partial charge in [-0.3, -0.25) is 4.79 Å². The van der Waals surface area contributed by atoms with Crippen LogP contribution in [0, 0.1) is 12.8 Å². The first-order valence-electron chi connectivity index (χ1n) is 7.08. The zero-order valence-electron chi connectivity index (χ0n) is 12.1. The van der Waals surface area contributed by atoms with Crippen molar-refractivity contribution < 1.29 is 9.53 Å². The molecule has 2 rings (SSSR count). The Kier molecular flexibility index (Phi) is 4.46. The van der Waals surface area contributed by atoms with Gasteiger partial charge in [-0.25, -0.2) is 0 Å². The summed E-state index contributed by atoms with van der Waals surface area (Å²) in [5.74, 6) is 1.47. The van der Waals surface area contributed by atoms with E-state index in [4.69, 9.17) is 4.74 Å². The van der Waals surface area contributed by atoms with Crippen molar-refractivity contribution in [1.82, 2.24) is 4.90 Å². The Labute approximate surface area is 115 Å². The highest BCUT2D eigenvalue weighted by atomic mass is 16.5. The van der Waals surface area contributed by atoms with E-state index in [1.165, 1.54) is 6.42 Å². The van der Waals surface area contributed by atoms with Crippen LogP contribution < -0.4 is 4.74 Å². The van der Waals surface area contributed by atoms with Crippen LogP contribution in [0.1, 0.15) is 32.3 Å². The van der Waals surface area contributed by atoms with Gasteiger partial charge in [0.1, 0.15) is 5.75 Å². The Bertz CT molecular complexity index is 444. The monoisotopic (exact) mass is 261 g/mol. The molecule has 0 radical (unpaired) electrons. The minimum Gasteiger partial charge on any atom is -0.481 e. The van der Waals surface area contributed by atoms with Crippen molar-refractivity contribution in [1.29, 1.82) is 0 Å². The molecule has 0 bridgehead atoms. The van der Waals surface area contributed by atoms with Crippen LogP contribution in [0.3, 0.4) is 0 Å². The van der Waals surface area contributed by atoms with Crippen LogP contribution in [0.5, 0.6) is 5.75 Å². The number of benzene rings is 1. The summed E-state index contributed by atoms with van der Waals surface area (Å²) in [6, 6.07) is 7.83. The molecule has 0 unspecified atom stereocenters. The summed E-state index contributed by atoms with van der Waals surface area (Å²) in [4.78, 5) is 14.3. The predicted octanol–water partition coefficient (Wildman–Crippen LogP) is 3.02. The van der Waals surface area contributed by atoms with Gasteiger partial charge in [0.15, 0.2) is 6.10 Å². The van der Waals surface area contributed by atoms with Crippen molar-refractivity contribution in [2.24, 2.45) is 5.92 Å². The van der Waals surface area contributed by atoms with Gasteiger partial charge in [0.05, 0.1) is 0 Å². The van der Waals surface area contributed by atoms with Gasteiger partial charge in [-0.2, -0.15) is 0 Å². The maximum Gasteiger partial charge on any atom is 0.263 e. The molecule has 2 atom stereocenters. The molecule has 3 heteroatoms. The summed E-state index contributed by atoms with van der Waals surface area (Å²) in [6.45, 7) is 7.78. The van der Waals surface area contributed by atoms with E-state index in [0.717, 1.165) is 30.8 Å². The fourth-order valence-corrected chi connectivity index (χ4v) is 2.59. The number of amides is 1. The third kappa shape index (κ3) is 3.72. The van der Waals surface area contributed by atoms with E-state index < -0.39 is 6.10 Å². The van der Waals surface area contributed by atoms with E-state index in [9.17, 15) is 4.79 Å². The molecule has 0 aromatic heterocycles. The highest BCUT2D eigenvalue weighted by molar-refractivity contribution is 5.81. The lowest BCUT2D eigenvalue weighted by atomic mass is 10.00. The van der Waals surface area contributed by atoms with E-state index in [0.29, 0.717) is 5.92 Å². The number of likely N-dealkylation sites (tertiary alicyclic amines) is 1. The van der Waals surface area contributed by atoms with E-state index in [-0.39, 0.29) is 5.91 Å². The number of carbonyl (C=O) groups excluding carboxylic acids is 1. The summed E-state index contributed by atoms with van der Waals surface area (Å²) in [6.07, 6.45) is 1.91. The molecule has 0 N–H and O–H groups in total. The van der Waals surface area contributed by atoms with Crippen molar-refractivity contribution in [3.8, 4) is 5.75 Å². The van der Waals surface area contributed by atoms with Gasteiger partial charge < -0.3 is 9.64 Å². The first kappa shape index (κ1) is 13.9. The highest BCUT2D eigenvalue weighted by Crippen LogP contribution is 2.19. The Balaban J connectivity index is 1.95. The van der Waals surface area contributed by atoms with Gasteiger partial charge in [0.25, 0.3) is 5.91 Å². The van der Waals surface area contributed by atoms with Crippen molar-refractivity contribution in [3.05, 3.63) is 29.8 Å². The van der Waals surface area contributed by atoms with Gasteiger partial charge in [0, 0.05) is 13.1 Å². The number of hydrogen-bond acceptors (Lipinski definition) is 2. The van der Waals surface area contributed by atoms with Crippen molar-refractivity contribution in [3.63, 3.8) is 0 Å². The summed E-state index contributed by atoms with van der Waals surface area (Å²) >= 11 is 0. The third-order valence-corrected chi connectivity index (χ3v) is 3.62. The van der Waals surface area contributed by atoms with E-state index >= 15 is 0 Å². The standard InChI is InChI=1S/C16H23NO2/c1-12-6-4-8-15(10-12)19-14(3)16(18)17-9-5-7-13(2)11-17/h4,6,8,10,13-14H,5,7,9,11H2,1-3H3/t13-,14-/m0/s1. The molecule has 0 saturated carbocycles. The summed E-state index contributed by atoms with van der Waals surface area (Å²) in [7, 11) is 0. The number of aryl methyl sites for hydroxylation is 1. The molecule has 1 amide bonds. The van der Waals surface area contributed by atoms with E-state index in [1.807, 2.05) is 43.0 Å². The summed E-state index contributed by atoms with van der Waals surface area (Å²) in [5, 5.41) is 0. The third-order valence-electron chi connectivity index (χ3n) is 3.62. The maximum atomic E-state index is 12.3. The minimum atomic E-state index is -0.410. The number of rotatable bonds is 3. The number of carbonyl (C=O) groups is 1. The largest absolute Gasteiger partial charge is 0.481 e. The Morgan fingerprint density at radius 1 is 1.47 bits per heavy atom. The maximum absolute atomic E-state index is 12.3. The van der Waals surface area contributed by atoms with Crippen molar-refractivity contribution >= 4 is 5.91 Å². The van der Waals surface area contributed by atoms with Crippen LogP contribution in [-0.2, 0) is 4.79 Å². The molecule has 19 heavy (non-hydrogen) atoms. The Morgan fingerprint density at radius 2 is 2.26 bits per heavy atom. The zero-order valence-corrected chi connectivity index (χ0v) is 12.1. The molecule has 1 aliphatic rings. The molecule has 1 fully saturated rings. The molecule has 1 heterocycles. The molecule has 1 aromatic rings. The first-order valence-corrected chi connectivity index (χ1v) is 7.08. The van der Waals surface area contributed by atoms with Crippen molar-refractivity contribution in [2.45, 2.75) is 39.7 Å². The van der Waals surface area contributed by atoms with Gasteiger partial charge >= 0.3 is 0 Å². The molecule has 104 valence electrons. The molecule has 1 aliphatic heterocycles. The first-order chi connectivity index (χ1) is 9.06. The van der Waals surface area contributed by atoms with Crippen LogP contribution >= 0.6 is 0 Å². The highest BCUT2D eigenvalue weighted by Gasteiger charge is 2.25. The van der Waals surface area contributed by atoms with Crippen LogP contribution in [0.15, 0.2) is 24.3 Å². The summed E-state index contributed by atoms with van der Waals surface area (Å²) in [5.41, 5.74) is 1.14. The van der Waals surface area contributed by atoms with E-state index in [2.05, 4.69) is 6.92 Å². The van der Waals surface area contributed by atoms with Gasteiger partial charge in [-0.1, -0.05) is 19.1 Å². The fourth-order valence-electron chi connectivity index (χ4n) is 2.59. The predicted molar refractivity (Wildman–Crippen MR) is 76.2 cm³/mol. The van der Waals surface area contributed by atoms with Gasteiger partial charge in [-0.15, -0.1) is 0 Å². The molecule has 1 saturated heterocycles. The zero-order chi connectivity index (χ0) is 13.8. The van der Waals surface area contributed by atoms with Crippen LogP contribution in [0.2, 0.25) is 0 Å². The smallest absolute Gasteiger partial charge is 0.263 e. The van der Waals surface area contributed by atoms with Crippen LogP contribution in [0.25, 0.3) is 0 Å². The lowest BCUT2D eigenvalue weighted by molar-refractivity contribution is -0.139. The second-order valence-corrected chi connectivity index (χ2v) is 5.61. The molecule has 1 aromatic carbocycles. The van der Waals surface area contributed by atoms with Gasteiger partial charge in [0.2, 0.25) is 0 Å². The van der Waals surface area contributed by atoms with Gasteiger partial charge in [-0.05, 0) is 50.3 Å². The van der Waals surface area contributed by atoms with Crippen LogP contribution in [-0.4, -0.2) is 30.0 Å². The Morgan fingerprint density at radius 3 is 2.95 bits per heavy atom. The second-order valence-electron chi connectivity index (χ2n) is 5.61. The number of ether oxygens (including phenoxy) is 1. The number of piperidine rings is 1. The molecular weight excluding hydrogens is 238 g/mol. The average molecular weight is 261 g/mol. The SMILES string of the molecule is Cc1cccc(O[C@@H](C)C(=O)N2CCC[C@H](C)C2)c1.